The molecule has 0 aliphatic carbocycles. The van der Waals surface area contributed by atoms with Gasteiger partial charge in [-0.2, -0.15) is 0 Å². The molecule has 1 aliphatic heterocycles. The minimum atomic E-state index is -0.768. The Hall–Kier alpha value is -1.26. The number of anilines is 1. The van der Waals surface area contributed by atoms with E-state index >= 15 is 0 Å². The van der Waals surface area contributed by atoms with Crippen LogP contribution in [-0.4, -0.2) is 36.8 Å². The van der Waals surface area contributed by atoms with Crippen LogP contribution in [0, 0.1) is 0 Å². The molecule has 1 fully saturated rings. The molecular formula is C13H17ClN2O2. The first-order chi connectivity index (χ1) is 8.66. The Kier molecular flexibility index (Phi) is 4.44. The van der Waals surface area contributed by atoms with E-state index in [9.17, 15) is 4.79 Å². The van der Waals surface area contributed by atoms with Crippen molar-refractivity contribution in [2.24, 2.45) is 0 Å². The lowest BCUT2D eigenvalue weighted by Gasteiger charge is -2.31. The van der Waals surface area contributed by atoms with Gasteiger partial charge in [0.1, 0.15) is 0 Å². The van der Waals surface area contributed by atoms with E-state index in [1.807, 2.05) is 24.3 Å². The molecule has 2 N–H and O–H groups in total. The van der Waals surface area contributed by atoms with Crippen LogP contribution in [0.15, 0.2) is 24.3 Å². The average Bonchev–Trinajstić information content (AvgIpc) is 2.54. The van der Waals surface area contributed by atoms with Gasteiger partial charge >= 0.3 is 5.97 Å². The molecule has 1 aromatic rings. The van der Waals surface area contributed by atoms with E-state index in [0.29, 0.717) is 11.6 Å². The maximum atomic E-state index is 10.9. The van der Waals surface area contributed by atoms with Crippen molar-refractivity contribution in [3.05, 3.63) is 29.3 Å². The molecule has 1 heterocycles. The highest BCUT2D eigenvalue weighted by Gasteiger charge is 2.23. The molecule has 0 saturated carbocycles. The Morgan fingerprint density at radius 2 is 2.39 bits per heavy atom. The Labute approximate surface area is 112 Å². The number of rotatable bonds is 3. The van der Waals surface area contributed by atoms with Crippen LogP contribution in [0.25, 0.3) is 0 Å². The first kappa shape index (κ1) is 13.2. The highest BCUT2D eigenvalue weighted by Crippen LogP contribution is 2.23. The number of carbonyl (C=O) groups is 1. The summed E-state index contributed by atoms with van der Waals surface area (Å²) in [5, 5.41) is 13.0. The van der Waals surface area contributed by atoms with Crippen molar-refractivity contribution >= 4 is 23.3 Å². The second-order valence-electron chi connectivity index (χ2n) is 4.48. The molecule has 1 saturated heterocycles. The predicted octanol–water partition coefficient (Wildman–Crippen LogP) is 1.98. The summed E-state index contributed by atoms with van der Waals surface area (Å²) in [6, 6.07) is 7.57. The van der Waals surface area contributed by atoms with E-state index in [0.717, 1.165) is 25.2 Å². The van der Waals surface area contributed by atoms with Crippen LogP contribution >= 0.6 is 11.6 Å². The van der Waals surface area contributed by atoms with E-state index in [1.54, 1.807) is 0 Å². The molecule has 0 radical (unpaired) electrons. The van der Waals surface area contributed by atoms with Gasteiger partial charge in [-0.15, -0.1) is 0 Å². The molecule has 0 bridgehead atoms. The van der Waals surface area contributed by atoms with Crippen LogP contribution in [0.3, 0.4) is 0 Å². The van der Waals surface area contributed by atoms with Crippen molar-refractivity contribution in [2.45, 2.75) is 18.9 Å². The summed E-state index contributed by atoms with van der Waals surface area (Å²) in [6.07, 6.45) is 1.14. The molecule has 98 valence electrons. The van der Waals surface area contributed by atoms with Gasteiger partial charge in [0, 0.05) is 23.8 Å². The zero-order chi connectivity index (χ0) is 13.0. The minimum Gasteiger partial charge on any atom is -0.481 e. The summed E-state index contributed by atoms with van der Waals surface area (Å²) in [5.41, 5.74) is 0.998. The third kappa shape index (κ3) is 3.37. The summed E-state index contributed by atoms with van der Waals surface area (Å²) >= 11 is 6.00. The molecule has 1 atom stereocenters. The van der Waals surface area contributed by atoms with Crippen LogP contribution < -0.4 is 10.2 Å². The minimum absolute atomic E-state index is 0.0246. The molecule has 2 rings (SSSR count). The van der Waals surface area contributed by atoms with E-state index < -0.39 is 5.97 Å². The lowest BCUT2D eigenvalue weighted by molar-refractivity contribution is -0.137. The zero-order valence-corrected chi connectivity index (χ0v) is 10.9. The number of aliphatic carboxylic acids is 1. The van der Waals surface area contributed by atoms with Gasteiger partial charge in [-0.3, -0.25) is 4.79 Å². The topological polar surface area (TPSA) is 52.6 Å². The number of carboxylic acids is 1. The zero-order valence-electron chi connectivity index (χ0n) is 10.1. The standard InChI is InChI=1S/C13H17ClN2O2/c14-10-3-1-4-11(7-10)16-6-2-5-15-9-12(16)8-13(17)18/h1,3-4,7,12,15H,2,5-6,8-9H2,(H,17,18). The molecule has 0 aromatic heterocycles. The quantitative estimate of drug-likeness (QED) is 0.880. The third-order valence-corrected chi connectivity index (χ3v) is 3.36. The molecule has 0 spiro atoms. The van der Waals surface area contributed by atoms with Gasteiger partial charge in [-0.1, -0.05) is 17.7 Å². The lowest BCUT2D eigenvalue weighted by atomic mass is 10.1. The van der Waals surface area contributed by atoms with Gasteiger partial charge < -0.3 is 15.3 Å². The summed E-state index contributed by atoms with van der Waals surface area (Å²) in [4.78, 5) is 13.1. The maximum Gasteiger partial charge on any atom is 0.305 e. The number of nitrogens with zero attached hydrogens (tertiary/aromatic N) is 1. The second-order valence-corrected chi connectivity index (χ2v) is 4.92. The number of benzene rings is 1. The predicted molar refractivity (Wildman–Crippen MR) is 72.3 cm³/mol. The first-order valence-corrected chi connectivity index (χ1v) is 6.49. The normalized spacial score (nSPS) is 20.5. The number of hydrogen-bond acceptors (Lipinski definition) is 3. The molecule has 1 aliphatic rings. The van der Waals surface area contributed by atoms with Crippen molar-refractivity contribution in [3.8, 4) is 0 Å². The van der Waals surface area contributed by atoms with E-state index in [4.69, 9.17) is 16.7 Å². The van der Waals surface area contributed by atoms with Crippen LogP contribution in [0.2, 0.25) is 5.02 Å². The SMILES string of the molecule is O=C(O)CC1CNCCCN1c1cccc(Cl)c1. The van der Waals surface area contributed by atoms with Crippen LogP contribution in [0.5, 0.6) is 0 Å². The molecule has 1 aromatic carbocycles. The summed E-state index contributed by atoms with van der Waals surface area (Å²) in [5.74, 6) is -0.768. The highest BCUT2D eigenvalue weighted by molar-refractivity contribution is 6.30. The van der Waals surface area contributed by atoms with E-state index in [1.165, 1.54) is 0 Å². The highest BCUT2D eigenvalue weighted by atomic mass is 35.5. The monoisotopic (exact) mass is 268 g/mol. The van der Waals surface area contributed by atoms with Crippen molar-refractivity contribution in [2.75, 3.05) is 24.5 Å². The van der Waals surface area contributed by atoms with Gasteiger partial charge in [-0.05, 0) is 31.2 Å². The van der Waals surface area contributed by atoms with Gasteiger partial charge in [0.2, 0.25) is 0 Å². The number of halogens is 1. The Bertz CT molecular complexity index is 425. The van der Waals surface area contributed by atoms with Gasteiger partial charge in [0.05, 0.1) is 12.5 Å². The van der Waals surface area contributed by atoms with Crippen molar-refractivity contribution < 1.29 is 9.90 Å². The molecule has 4 nitrogen and oxygen atoms in total. The fraction of sp³-hybridized carbons (Fsp3) is 0.462. The third-order valence-electron chi connectivity index (χ3n) is 3.12. The van der Waals surface area contributed by atoms with Crippen molar-refractivity contribution in [1.82, 2.24) is 5.32 Å². The number of carboxylic acid groups (broad SMARTS) is 1. The second kappa shape index (κ2) is 6.07. The summed E-state index contributed by atoms with van der Waals surface area (Å²) in [6.45, 7) is 2.47. The van der Waals surface area contributed by atoms with Gasteiger partial charge in [-0.25, -0.2) is 0 Å². The number of nitrogens with one attached hydrogen (secondary N) is 1. The molecular weight excluding hydrogens is 252 g/mol. The van der Waals surface area contributed by atoms with Crippen LogP contribution in [0.1, 0.15) is 12.8 Å². The smallest absolute Gasteiger partial charge is 0.305 e. The van der Waals surface area contributed by atoms with Crippen molar-refractivity contribution in [3.63, 3.8) is 0 Å². The first-order valence-electron chi connectivity index (χ1n) is 6.11. The molecule has 1 unspecified atom stereocenters. The number of hydrogen-bond donors (Lipinski definition) is 2. The van der Waals surface area contributed by atoms with Crippen LogP contribution in [-0.2, 0) is 4.79 Å². The fourth-order valence-electron chi connectivity index (χ4n) is 2.31. The molecule has 0 amide bonds. The Morgan fingerprint density at radius 1 is 1.56 bits per heavy atom. The van der Waals surface area contributed by atoms with E-state index in [2.05, 4.69) is 10.2 Å². The van der Waals surface area contributed by atoms with Crippen LogP contribution in [0.4, 0.5) is 5.69 Å². The van der Waals surface area contributed by atoms with Crippen molar-refractivity contribution in [1.29, 1.82) is 0 Å². The largest absolute Gasteiger partial charge is 0.481 e. The maximum absolute atomic E-state index is 10.9. The van der Waals surface area contributed by atoms with Gasteiger partial charge in [0.15, 0.2) is 0 Å². The van der Waals surface area contributed by atoms with Gasteiger partial charge in [0.25, 0.3) is 0 Å². The Balaban J connectivity index is 2.22. The molecule has 18 heavy (non-hydrogen) atoms. The van der Waals surface area contributed by atoms with E-state index in [-0.39, 0.29) is 12.5 Å². The molecule has 5 heteroatoms. The summed E-state index contributed by atoms with van der Waals surface area (Å²) < 4.78 is 0. The Morgan fingerprint density at radius 3 is 3.11 bits per heavy atom. The average molecular weight is 269 g/mol. The summed E-state index contributed by atoms with van der Waals surface area (Å²) in [7, 11) is 0. The lowest BCUT2D eigenvalue weighted by Crippen LogP contribution is -2.41. The fourth-order valence-corrected chi connectivity index (χ4v) is 2.50.